The van der Waals surface area contributed by atoms with Gasteiger partial charge in [-0.2, -0.15) is 0 Å². The Hall–Kier alpha value is -6.24. The molecular formula is C55H68N8O7. The molecule has 2 aromatic carbocycles. The summed E-state index contributed by atoms with van der Waals surface area (Å²) >= 11 is 0. The second kappa shape index (κ2) is 18.8. The van der Waals surface area contributed by atoms with E-state index in [2.05, 4.69) is 78.8 Å². The van der Waals surface area contributed by atoms with Crippen LogP contribution < -0.4 is 5.43 Å². The van der Waals surface area contributed by atoms with Crippen molar-refractivity contribution in [1.29, 1.82) is 0 Å². The number of likely N-dealkylation sites (tertiary alicyclic amines) is 2. The number of pyridine rings is 1. The third kappa shape index (κ3) is 8.50. The van der Waals surface area contributed by atoms with Gasteiger partial charge in [-0.15, -0.1) is 0 Å². The molecule has 15 heteroatoms. The molecule has 2 aromatic heterocycles. The number of rotatable bonds is 6. The summed E-state index contributed by atoms with van der Waals surface area (Å²) in [6, 6.07) is 12.2. The molecule has 3 fully saturated rings. The number of aryl methyl sites for hydroxylation is 1. The van der Waals surface area contributed by atoms with Crippen LogP contribution in [0.4, 0.5) is 0 Å². The van der Waals surface area contributed by atoms with Gasteiger partial charge in [-0.05, 0) is 123 Å². The Morgan fingerprint density at radius 1 is 1.01 bits per heavy atom. The highest BCUT2D eigenvalue weighted by Crippen LogP contribution is 2.57. The Morgan fingerprint density at radius 3 is 2.51 bits per heavy atom. The second-order valence-electron chi connectivity index (χ2n) is 21.6. The molecule has 9 rings (SSSR count). The average Bonchev–Trinajstić information content (AvgIpc) is 3.95. The number of carbonyl (C=O) groups is 5. The Kier molecular flexibility index (Phi) is 13.1. The lowest BCUT2D eigenvalue weighted by Gasteiger charge is -2.55. The minimum absolute atomic E-state index is 0.0275. The van der Waals surface area contributed by atoms with Crippen molar-refractivity contribution in [2.75, 3.05) is 60.5 Å². The van der Waals surface area contributed by atoms with Gasteiger partial charge in [-0.3, -0.25) is 38.9 Å². The molecule has 3 saturated heterocycles. The van der Waals surface area contributed by atoms with E-state index in [1.54, 1.807) is 29.0 Å². The van der Waals surface area contributed by atoms with E-state index in [-0.39, 0.29) is 73.2 Å². The first kappa shape index (κ1) is 48.8. The van der Waals surface area contributed by atoms with Crippen LogP contribution in [0, 0.1) is 29.1 Å². The van der Waals surface area contributed by atoms with Gasteiger partial charge in [0.05, 0.1) is 24.8 Å². The van der Waals surface area contributed by atoms with Crippen LogP contribution in [0.15, 0.2) is 54.9 Å². The number of benzene rings is 2. The molecule has 5 aliphatic rings. The van der Waals surface area contributed by atoms with E-state index in [4.69, 9.17) is 4.74 Å². The van der Waals surface area contributed by atoms with Crippen molar-refractivity contribution in [1.82, 2.24) is 39.6 Å². The van der Waals surface area contributed by atoms with Crippen LogP contribution in [0.25, 0.3) is 33.3 Å². The lowest BCUT2D eigenvalue weighted by Crippen LogP contribution is -2.75. The molecule has 6 bridgehead atoms. The fraction of sp³-hybridized carbons (Fsp3) is 0.527. The highest BCUT2D eigenvalue weighted by Gasteiger charge is 2.57. The van der Waals surface area contributed by atoms with Gasteiger partial charge in [-0.25, -0.2) is 5.43 Å². The Labute approximate surface area is 411 Å². The van der Waals surface area contributed by atoms with Gasteiger partial charge in [0.1, 0.15) is 23.4 Å². The number of hydrogen-bond donors (Lipinski definition) is 2. The number of phenolic OH excluding ortho intramolecular Hbond substituents is 1. The predicted octanol–water partition coefficient (Wildman–Crippen LogP) is 5.79. The summed E-state index contributed by atoms with van der Waals surface area (Å²) in [5.41, 5.74) is 9.22. The number of aromatic hydroxyl groups is 1. The third-order valence-corrected chi connectivity index (χ3v) is 15.8. The first-order valence-electron chi connectivity index (χ1n) is 25.0. The molecular weight excluding hydrogens is 885 g/mol. The molecule has 0 radical (unpaired) electrons. The van der Waals surface area contributed by atoms with Crippen LogP contribution in [0.5, 0.6) is 5.75 Å². The predicted molar refractivity (Wildman–Crippen MR) is 267 cm³/mol. The summed E-state index contributed by atoms with van der Waals surface area (Å²) in [5.74, 6) is 2.99. The van der Waals surface area contributed by atoms with E-state index >= 15 is 9.59 Å². The lowest BCUT2D eigenvalue weighted by atomic mass is 9.63. The molecule has 4 aliphatic heterocycles. The van der Waals surface area contributed by atoms with Crippen LogP contribution in [0.2, 0.25) is 0 Å². The van der Waals surface area contributed by atoms with Crippen molar-refractivity contribution in [3.63, 3.8) is 0 Å². The van der Waals surface area contributed by atoms with Crippen molar-refractivity contribution in [2.45, 2.75) is 110 Å². The fourth-order valence-corrected chi connectivity index (χ4v) is 12.3. The second-order valence-corrected chi connectivity index (χ2v) is 21.6. The van der Waals surface area contributed by atoms with Crippen LogP contribution in [0.3, 0.4) is 0 Å². The summed E-state index contributed by atoms with van der Waals surface area (Å²) in [7, 11) is 5.38. The van der Waals surface area contributed by atoms with E-state index < -0.39 is 34.9 Å². The van der Waals surface area contributed by atoms with E-state index in [0.29, 0.717) is 50.9 Å². The van der Waals surface area contributed by atoms with Gasteiger partial charge in [-0.1, -0.05) is 52.7 Å². The molecule has 15 nitrogen and oxygen atoms in total. The SMILES string of the molecule is CCn1c2c3c4cc(ccc41)-c1cc(O)cc(c1)C[C@@]1(CCN1C(=O)[C@H](C(C)C)N(C)C(=O)[C@H]1CCN(C(=O)C#CCN(C)C)C1)C(=O)N1CCC[C@H](N1)C(=O)OCC(C)(C)C3C(C)c1ccncc1-2. The molecule has 70 heavy (non-hydrogen) atoms. The third-order valence-electron chi connectivity index (χ3n) is 15.8. The number of esters is 1. The number of hydrazine groups is 1. The summed E-state index contributed by atoms with van der Waals surface area (Å²) in [6.07, 6.45) is 5.63. The number of fused-ring (bicyclic) bond motifs is 8. The molecule has 4 amide bonds. The molecule has 2 unspecified atom stereocenters. The zero-order chi connectivity index (χ0) is 50.0. The monoisotopic (exact) mass is 953 g/mol. The smallest absolute Gasteiger partial charge is 0.324 e. The largest absolute Gasteiger partial charge is 0.508 e. The summed E-state index contributed by atoms with van der Waals surface area (Å²) in [5, 5.41) is 14.1. The maximum Gasteiger partial charge on any atom is 0.324 e. The average molecular weight is 953 g/mol. The fourth-order valence-electron chi connectivity index (χ4n) is 12.3. The number of phenols is 1. The highest BCUT2D eigenvalue weighted by molar-refractivity contribution is 5.99. The number of amides is 4. The lowest BCUT2D eigenvalue weighted by molar-refractivity contribution is -0.175. The Morgan fingerprint density at radius 2 is 1.80 bits per heavy atom. The molecule has 6 heterocycles. The molecule has 1 aliphatic carbocycles. The topological polar surface area (TPSA) is 161 Å². The number of cyclic esters (lactones) is 1. The maximum absolute atomic E-state index is 15.4. The number of aromatic nitrogens is 2. The van der Waals surface area contributed by atoms with Gasteiger partial charge in [0.15, 0.2) is 0 Å². The van der Waals surface area contributed by atoms with Crippen molar-refractivity contribution in [3.8, 4) is 40.0 Å². The van der Waals surface area contributed by atoms with Gasteiger partial charge >= 0.3 is 5.97 Å². The number of nitrogens with zero attached hydrogens (tertiary/aromatic N) is 7. The Bertz CT molecular complexity index is 2820. The standard InChI is InChI=1S/C55H68N8O7/c1-10-61-44-16-15-36-28-41(44)46-47(34(4)40-17-20-56-30-42(40)49(46)61)54(5,6)32-70-52(68)43-13-11-22-63(57-43)53(69)55(29-35-25-38(36)27-39(64)26-35)19-24-62(55)51(67)48(33(2)3)59(9)50(66)37-18-23-60(31-37)45(65)14-12-21-58(7)8/h15-17,20,25-28,30,33-34,37,43,47-48,57,64H,10-11,13,18-19,21-24,29,31-32H2,1-9H3/t34?,37-,43-,47?,48-,55-/m0/s1. The quantitative estimate of drug-likeness (QED) is 0.179. The highest BCUT2D eigenvalue weighted by atomic mass is 16.5. The maximum atomic E-state index is 15.4. The van der Waals surface area contributed by atoms with Crippen LogP contribution >= 0.6 is 0 Å². The summed E-state index contributed by atoms with van der Waals surface area (Å²) in [6.45, 7) is 15.0. The minimum Gasteiger partial charge on any atom is -0.508 e. The van der Waals surface area contributed by atoms with Gasteiger partial charge in [0, 0.05) is 86.4 Å². The number of likely N-dealkylation sites (N-methyl/N-ethyl adjacent to an activating group) is 1. The zero-order valence-electron chi connectivity index (χ0n) is 42.2. The number of carbonyl (C=O) groups excluding carboxylic acids is 5. The van der Waals surface area contributed by atoms with Gasteiger partial charge < -0.3 is 29.1 Å². The molecule has 4 aromatic rings. The number of nitrogens with one attached hydrogen (secondary N) is 1. The first-order chi connectivity index (χ1) is 33.3. The van der Waals surface area contributed by atoms with Crippen molar-refractivity contribution in [2.24, 2.45) is 17.3 Å². The number of hydrogen-bond acceptors (Lipinski definition) is 10. The molecule has 1 spiro atoms. The molecule has 6 atom stereocenters. The van der Waals surface area contributed by atoms with E-state index in [1.807, 2.05) is 51.3 Å². The van der Waals surface area contributed by atoms with E-state index in [1.165, 1.54) is 21.0 Å². The van der Waals surface area contributed by atoms with Crippen molar-refractivity contribution in [3.05, 3.63) is 71.5 Å². The minimum atomic E-state index is -1.42. The normalized spacial score (nSPS) is 24.4. The molecule has 2 N–H and O–H groups in total. The van der Waals surface area contributed by atoms with Gasteiger partial charge in [0.25, 0.3) is 11.8 Å². The molecule has 0 saturated carbocycles. The van der Waals surface area contributed by atoms with Gasteiger partial charge in [0.2, 0.25) is 11.8 Å². The van der Waals surface area contributed by atoms with Crippen molar-refractivity contribution < 1.29 is 33.8 Å². The Balaban J connectivity index is 1.11. The summed E-state index contributed by atoms with van der Waals surface area (Å²) in [4.78, 5) is 83.3. The first-order valence-corrected chi connectivity index (χ1v) is 25.0. The number of ether oxygens (including phenoxy) is 1. The van der Waals surface area contributed by atoms with Crippen LogP contribution in [-0.4, -0.2) is 147 Å². The summed E-state index contributed by atoms with van der Waals surface area (Å²) < 4.78 is 8.67. The van der Waals surface area contributed by atoms with Crippen LogP contribution in [-0.2, 0) is 41.7 Å². The zero-order valence-corrected chi connectivity index (χ0v) is 42.2. The molecule has 370 valence electrons. The van der Waals surface area contributed by atoms with E-state index in [0.717, 1.165) is 39.8 Å². The van der Waals surface area contributed by atoms with Crippen LogP contribution in [0.1, 0.15) is 95.8 Å². The van der Waals surface area contributed by atoms with E-state index in [9.17, 15) is 19.5 Å². The van der Waals surface area contributed by atoms with Crippen molar-refractivity contribution >= 4 is 40.5 Å².